The quantitative estimate of drug-likeness (QED) is 0.0344. The zero-order valence-corrected chi connectivity index (χ0v) is 44.1. The van der Waals surface area contributed by atoms with Gasteiger partial charge in [0, 0.05) is 19.3 Å². The minimum atomic E-state index is -0.764. The van der Waals surface area contributed by atoms with Crippen molar-refractivity contribution < 1.29 is 28.6 Å². The average Bonchev–Trinajstić information content (AvgIpc) is 3.27. The third kappa shape index (κ3) is 49.8. The Labute approximate surface area is 399 Å². The summed E-state index contributed by atoms with van der Waals surface area (Å²) in [6.45, 7) is 13.8. The molecule has 0 aliphatic heterocycles. The van der Waals surface area contributed by atoms with Crippen LogP contribution in [0, 0.1) is 17.8 Å². The lowest BCUT2D eigenvalue weighted by Gasteiger charge is -2.18. The molecule has 0 spiro atoms. The van der Waals surface area contributed by atoms with Crippen molar-refractivity contribution in [1.29, 1.82) is 0 Å². The van der Waals surface area contributed by atoms with Crippen molar-refractivity contribution in [2.75, 3.05) is 13.2 Å². The molecule has 0 saturated carbocycles. The number of rotatable bonds is 51. The highest BCUT2D eigenvalue weighted by Crippen LogP contribution is 2.19. The first-order valence-electron chi connectivity index (χ1n) is 28.6. The summed E-state index contributed by atoms with van der Waals surface area (Å²) in [6, 6.07) is 0. The standard InChI is InChI=1S/C58H112O6/c1-7-54(6)46-40-34-28-24-25-30-36-42-48-57(60)63-51-55(50-62-56(59)47-41-35-29-22-19-18-21-27-33-39-45-53(4)5)64-58(61)49-43-37-31-23-17-15-13-11-9-8-10-12-14-16-20-26-32-38-44-52(2)3/h52-55H,7-51H2,1-6H3/t54?,55-/m1/s1. The van der Waals surface area contributed by atoms with Crippen LogP contribution in [0.3, 0.4) is 0 Å². The van der Waals surface area contributed by atoms with E-state index in [-0.39, 0.29) is 31.1 Å². The fraction of sp³-hybridized carbons (Fsp3) is 0.948. The molecule has 0 fully saturated rings. The largest absolute Gasteiger partial charge is 0.462 e. The summed E-state index contributed by atoms with van der Waals surface area (Å²) >= 11 is 0. The van der Waals surface area contributed by atoms with Crippen LogP contribution in [-0.4, -0.2) is 37.2 Å². The average molecular weight is 906 g/mol. The number of ether oxygens (including phenoxy) is 3. The monoisotopic (exact) mass is 905 g/mol. The summed E-state index contributed by atoms with van der Waals surface area (Å²) < 4.78 is 16.9. The lowest BCUT2D eigenvalue weighted by molar-refractivity contribution is -0.167. The van der Waals surface area contributed by atoms with E-state index in [2.05, 4.69) is 41.5 Å². The Hall–Kier alpha value is -1.59. The van der Waals surface area contributed by atoms with Crippen LogP contribution in [0.5, 0.6) is 0 Å². The van der Waals surface area contributed by atoms with Gasteiger partial charge in [0.15, 0.2) is 6.10 Å². The minimum absolute atomic E-state index is 0.0643. The van der Waals surface area contributed by atoms with E-state index in [0.717, 1.165) is 75.5 Å². The number of carbonyl (C=O) groups excluding carboxylic acids is 3. The third-order valence-electron chi connectivity index (χ3n) is 13.5. The van der Waals surface area contributed by atoms with Crippen molar-refractivity contribution in [1.82, 2.24) is 0 Å². The zero-order valence-electron chi connectivity index (χ0n) is 44.1. The van der Waals surface area contributed by atoms with Gasteiger partial charge in [-0.3, -0.25) is 14.4 Å². The fourth-order valence-corrected chi connectivity index (χ4v) is 8.79. The first kappa shape index (κ1) is 62.4. The molecular weight excluding hydrogens is 793 g/mol. The molecule has 0 heterocycles. The van der Waals surface area contributed by atoms with Gasteiger partial charge in [-0.1, -0.05) is 279 Å². The van der Waals surface area contributed by atoms with Crippen molar-refractivity contribution in [2.24, 2.45) is 17.8 Å². The molecule has 0 aromatic heterocycles. The second-order valence-electron chi connectivity index (χ2n) is 21.1. The third-order valence-corrected chi connectivity index (χ3v) is 13.5. The van der Waals surface area contributed by atoms with Crippen LogP contribution in [0.15, 0.2) is 0 Å². The van der Waals surface area contributed by atoms with Crippen molar-refractivity contribution in [3.8, 4) is 0 Å². The minimum Gasteiger partial charge on any atom is -0.462 e. The van der Waals surface area contributed by atoms with Gasteiger partial charge < -0.3 is 14.2 Å². The highest BCUT2D eigenvalue weighted by Gasteiger charge is 2.19. The number of carbonyl (C=O) groups is 3. The molecule has 0 rings (SSSR count). The molecule has 0 saturated heterocycles. The van der Waals surface area contributed by atoms with Gasteiger partial charge in [-0.25, -0.2) is 0 Å². The van der Waals surface area contributed by atoms with E-state index < -0.39 is 6.10 Å². The van der Waals surface area contributed by atoms with Crippen LogP contribution >= 0.6 is 0 Å². The SMILES string of the molecule is CCC(C)CCCCCCCCCCC(=O)OC[C@@H](COC(=O)CCCCCCCCCCCCC(C)C)OC(=O)CCCCCCCCCCCCCCCCCCCCC(C)C. The van der Waals surface area contributed by atoms with E-state index in [4.69, 9.17) is 14.2 Å². The van der Waals surface area contributed by atoms with E-state index in [1.165, 1.54) is 199 Å². The second-order valence-corrected chi connectivity index (χ2v) is 21.1. The van der Waals surface area contributed by atoms with Gasteiger partial charge in [0.1, 0.15) is 13.2 Å². The van der Waals surface area contributed by atoms with E-state index in [1.807, 2.05) is 0 Å². The molecule has 1 unspecified atom stereocenters. The first-order valence-corrected chi connectivity index (χ1v) is 28.6. The summed E-state index contributed by atoms with van der Waals surface area (Å²) in [4.78, 5) is 38.1. The lowest BCUT2D eigenvalue weighted by Crippen LogP contribution is -2.30. The highest BCUT2D eigenvalue weighted by molar-refractivity contribution is 5.71. The molecule has 0 aromatic carbocycles. The van der Waals surface area contributed by atoms with Gasteiger partial charge in [-0.15, -0.1) is 0 Å². The molecule has 64 heavy (non-hydrogen) atoms. The second kappa shape index (κ2) is 49.3. The maximum Gasteiger partial charge on any atom is 0.306 e. The Kier molecular flexibility index (Phi) is 48.1. The van der Waals surface area contributed by atoms with Crippen molar-refractivity contribution in [3.05, 3.63) is 0 Å². The smallest absolute Gasteiger partial charge is 0.306 e. The summed E-state index contributed by atoms with van der Waals surface area (Å²) in [5.41, 5.74) is 0. The number of hydrogen-bond donors (Lipinski definition) is 0. The van der Waals surface area contributed by atoms with Crippen LogP contribution < -0.4 is 0 Å². The van der Waals surface area contributed by atoms with E-state index in [1.54, 1.807) is 0 Å². The maximum atomic E-state index is 12.8. The van der Waals surface area contributed by atoms with Crippen LogP contribution in [-0.2, 0) is 28.6 Å². The van der Waals surface area contributed by atoms with E-state index >= 15 is 0 Å². The van der Waals surface area contributed by atoms with Crippen LogP contribution in [0.1, 0.15) is 318 Å². The number of hydrogen-bond acceptors (Lipinski definition) is 6. The fourth-order valence-electron chi connectivity index (χ4n) is 8.79. The molecule has 0 N–H and O–H groups in total. The van der Waals surface area contributed by atoms with Crippen LogP contribution in [0.25, 0.3) is 0 Å². The summed E-state index contributed by atoms with van der Waals surface area (Å²) in [6.07, 6.45) is 51.0. The van der Waals surface area contributed by atoms with Gasteiger partial charge in [0.05, 0.1) is 0 Å². The summed E-state index contributed by atoms with van der Waals surface area (Å²) in [5, 5.41) is 0. The van der Waals surface area contributed by atoms with Crippen molar-refractivity contribution in [3.63, 3.8) is 0 Å². The summed E-state index contributed by atoms with van der Waals surface area (Å²) in [5.74, 6) is 1.68. The van der Waals surface area contributed by atoms with Crippen molar-refractivity contribution >= 4 is 17.9 Å². The highest BCUT2D eigenvalue weighted by atomic mass is 16.6. The van der Waals surface area contributed by atoms with Gasteiger partial charge in [0.25, 0.3) is 0 Å². The topological polar surface area (TPSA) is 78.9 Å². The Morgan fingerprint density at radius 3 is 0.812 bits per heavy atom. The maximum absolute atomic E-state index is 12.8. The Morgan fingerprint density at radius 1 is 0.312 bits per heavy atom. The molecule has 6 heteroatoms. The molecule has 0 aromatic rings. The molecular formula is C58H112O6. The first-order chi connectivity index (χ1) is 31.1. The zero-order chi connectivity index (χ0) is 47.0. The molecule has 380 valence electrons. The van der Waals surface area contributed by atoms with Gasteiger partial charge in [0.2, 0.25) is 0 Å². The molecule has 2 atom stereocenters. The van der Waals surface area contributed by atoms with Gasteiger partial charge >= 0.3 is 17.9 Å². The normalized spacial score (nSPS) is 12.6. The number of unbranched alkanes of at least 4 members (excludes halogenated alkanes) is 33. The van der Waals surface area contributed by atoms with Crippen molar-refractivity contribution in [2.45, 2.75) is 324 Å². The molecule has 0 aliphatic rings. The van der Waals surface area contributed by atoms with Gasteiger partial charge in [-0.05, 0) is 37.0 Å². The van der Waals surface area contributed by atoms with Crippen LogP contribution in [0.2, 0.25) is 0 Å². The Balaban J connectivity index is 4.26. The molecule has 6 nitrogen and oxygen atoms in total. The predicted octanol–water partition coefficient (Wildman–Crippen LogP) is 18.7. The van der Waals surface area contributed by atoms with E-state index in [9.17, 15) is 14.4 Å². The molecule has 0 amide bonds. The lowest BCUT2D eigenvalue weighted by atomic mass is 9.99. The number of esters is 3. The summed E-state index contributed by atoms with van der Waals surface area (Å²) in [7, 11) is 0. The predicted molar refractivity (Wildman–Crippen MR) is 275 cm³/mol. The molecule has 0 bridgehead atoms. The molecule has 0 radical (unpaired) electrons. The van der Waals surface area contributed by atoms with Crippen LogP contribution in [0.4, 0.5) is 0 Å². The van der Waals surface area contributed by atoms with E-state index in [0.29, 0.717) is 19.3 Å². The molecule has 0 aliphatic carbocycles. The Bertz CT molecular complexity index is 993. The Morgan fingerprint density at radius 2 is 0.547 bits per heavy atom. The van der Waals surface area contributed by atoms with Gasteiger partial charge in [-0.2, -0.15) is 0 Å².